The first-order valence-electron chi connectivity index (χ1n) is 11.3. The number of hydrogen-bond acceptors (Lipinski definition) is 4. The number of nitrogens with zero attached hydrogens (tertiary/aromatic N) is 5. The number of benzene rings is 2. The van der Waals surface area contributed by atoms with E-state index in [9.17, 15) is 0 Å². The highest BCUT2D eigenvalue weighted by Crippen LogP contribution is 2.30. The van der Waals surface area contributed by atoms with Crippen LogP contribution in [0.5, 0.6) is 0 Å². The van der Waals surface area contributed by atoms with Gasteiger partial charge in [-0.05, 0) is 31.0 Å². The molecule has 1 unspecified atom stereocenters. The molecule has 0 saturated heterocycles. The Hall–Kier alpha value is -3.05. The van der Waals surface area contributed by atoms with Crippen molar-refractivity contribution < 1.29 is 0 Å². The Morgan fingerprint density at radius 2 is 1.58 bits per heavy atom. The molecule has 1 atom stereocenters. The van der Waals surface area contributed by atoms with Gasteiger partial charge in [-0.1, -0.05) is 50.2 Å². The third kappa shape index (κ3) is 4.23. The van der Waals surface area contributed by atoms with Gasteiger partial charge in [0.05, 0.1) is 16.7 Å². The lowest BCUT2D eigenvalue weighted by molar-refractivity contribution is 0.220. The van der Waals surface area contributed by atoms with Crippen LogP contribution in [0.15, 0.2) is 60.9 Å². The molecule has 0 saturated carbocycles. The third-order valence-corrected chi connectivity index (χ3v) is 6.13. The van der Waals surface area contributed by atoms with Gasteiger partial charge in [-0.15, -0.1) is 0 Å². The second kappa shape index (κ2) is 9.40. The van der Waals surface area contributed by atoms with E-state index in [1.54, 1.807) is 12.4 Å². The molecule has 1 aliphatic rings. The van der Waals surface area contributed by atoms with Crippen LogP contribution in [0, 0.1) is 0 Å². The van der Waals surface area contributed by atoms with E-state index in [2.05, 4.69) is 82.1 Å². The van der Waals surface area contributed by atoms with Crippen LogP contribution < -0.4 is 0 Å². The Balaban J connectivity index is 0.00000112. The van der Waals surface area contributed by atoms with Crippen molar-refractivity contribution in [2.24, 2.45) is 7.05 Å². The molecule has 0 aliphatic carbocycles. The molecule has 4 aromatic rings. The predicted octanol–water partition coefficient (Wildman–Crippen LogP) is 5.22. The molecule has 0 N–H and O–H groups in total. The molecule has 5 heteroatoms. The zero-order chi connectivity index (χ0) is 21.8. The van der Waals surface area contributed by atoms with Crippen molar-refractivity contribution in [2.45, 2.75) is 39.7 Å². The third-order valence-electron chi connectivity index (χ3n) is 6.13. The molecule has 0 spiro atoms. The minimum absolute atomic E-state index is 0.337. The summed E-state index contributed by atoms with van der Waals surface area (Å²) in [6, 6.07) is 17.3. The van der Waals surface area contributed by atoms with Gasteiger partial charge in [0.15, 0.2) is 0 Å². The maximum atomic E-state index is 4.85. The van der Waals surface area contributed by atoms with E-state index in [-0.39, 0.29) is 0 Å². The van der Waals surface area contributed by atoms with Crippen LogP contribution in [0.25, 0.3) is 22.3 Å². The molecule has 160 valence electrons. The number of aromatic nitrogens is 4. The van der Waals surface area contributed by atoms with Crippen molar-refractivity contribution in [3.63, 3.8) is 0 Å². The summed E-state index contributed by atoms with van der Waals surface area (Å²) in [5.41, 5.74) is 8.32. The number of rotatable bonds is 3. The van der Waals surface area contributed by atoms with Gasteiger partial charge in [0.2, 0.25) is 0 Å². The lowest BCUT2D eigenvalue weighted by Gasteiger charge is -2.28. The van der Waals surface area contributed by atoms with E-state index in [0.29, 0.717) is 6.04 Å². The van der Waals surface area contributed by atoms with Gasteiger partial charge in [-0.3, -0.25) is 19.5 Å². The zero-order valence-electron chi connectivity index (χ0n) is 18.9. The minimum Gasteiger partial charge on any atom is -0.296 e. The summed E-state index contributed by atoms with van der Waals surface area (Å²) >= 11 is 0. The fourth-order valence-corrected chi connectivity index (χ4v) is 4.46. The average Bonchev–Trinajstić information content (AvgIpc) is 3.00. The van der Waals surface area contributed by atoms with Crippen molar-refractivity contribution in [1.82, 2.24) is 24.6 Å². The highest BCUT2D eigenvalue weighted by molar-refractivity contribution is 5.74. The number of hydrogen-bond donors (Lipinski definition) is 0. The summed E-state index contributed by atoms with van der Waals surface area (Å²) in [6.45, 7) is 8.35. The van der Waals surface area contributed by atoms with Gasteiger partial charge >= 0.3 is 0 Å². The quantitative estimate of drug-likeness (QED) is 0.462. The maximum Gasteiger partial charge on any atom is 0.0958 e. The van der Waals surface area contributed by atoms with E-state index in [1.807, 2.05) is 13.8 Å². The van der Waals surface area contributed by atoms with E-state index < -0.39 is 0 Å². The zero-order valence-corrected chi connectivity index (χ0v) is 18.9. The van der Waals surface area contributed by atoms with Crippen LogP contribution in [-0.2, 0) is 19.9 Å². The van der Waals surface area contributed by atoms with Crippen LogP contribution >= 0.6 is 0 Å². The first-order valence-corrected chi connectivity index (χ1v) is 11.3. The molecule has 0 radical (unpaired) electrons. The molecule has 0 fully saturated rings. The van der Waals surface area contributed by atoms with Crippen LogP contribution in [0.3, 0.4) is 0 Å². The number of aryl methyl sites for hydroxylation is 1. The summed E-state index contributed by atoms with van der Waals surface area (Å²) in [7, 11) is 2.08. The van der Waals surface area contributed by atoms with E-state index in [1.165, 1.54) is 22.4 Å². The monoisotopic (exact) mass is 413 g/mol. The molecule has 5 rings (SSSR count). The highest BCUT2D eigenvalue weighted by atomic mass is 15.3. The Morgan fingerprint density at radius 1 is 0.871 bits per heavy atom. The van der Waals surface area contributed by atoms with Gasteiger partial charge in [0.1, 0.15) is 0 Å². The summed E-state index contributed by atoms with van der Waals surface area (Å²) in [4.78, 5) is 11.4. The van der Waals surface area contributed by atoms with E-state index in [4.69, 9.17) is 5.10 Å². The molecule has 1 aliphatic heterocycles. The summed E-state index contributed by atoms with van der Waals surface area (Å²) in [5, 5.41) is 4.85. The average molecular weight is 414 g/mol. The van der Waals surface area contributed by atoms with E-state index in [0.717, 1.165) is 42.7 Å². The second-order valence-corrected chi connectivity index (χ2v) is 7.78. The standard InChI is InChI=1S/C24H25N5.C2H6/c1-17(19-8-9-21-22(16-19)26-13-12-25-21)29-14-10-20-23(11-15-29)28(2)27-24(20)18-6-4-3-5-7-18;1-2/h3-9,12-13,16-17H,10-11,14-15H2,1-2H3;1-2H3. The first kappa shape index (κ1) is 21.2. The fraction of sp³-hybridized carbons (Fsp3) is 0.346. The van der Waals surface area contributed by atoms with Crippen molar-refractivity contribution in [1.29, 1.82) is 0 Å². The van der Waals surface area contributed by atoms with Crippen LogP contribution in [0.2, 0.25) is 0 Å². The minimum atomic E-state index is 0.337. The Kier molecular flexibility index (Phi) is 6.42. The molecule has 0 amide bonds. The lowest BCUT2D eigenvalue weighted by atomic mass is 10.0. The Labute approximate surface area is 184 Å². The number of fused-ring (bicyclic) bond motifs is 2. The van der Waals surface area contributed by atoms with Gasteiger partial charge in [0.25, 0.3) is 0 Å². The van der Waals surface area contributed by atoms with Crippen molar-refractivity contribution in [3.05, 3.63) is 77.7 Å². The lowest BCUT2D eigenvalue weighted by Crippen LogP contribution is -2.30. The van der Waals surface area contributed by atoms with Crippen LogP contribution in [-0.4, -0.2) is 37.7 Å². The van der Waals surface area contributed by atoms with Crippen molar-refractivity contribution in [3.8, 4) is 11.3 Å². The first-order chi connectivity index (χ1) is 15.2. The molecule has 0 bridgehead atoms. The van der Waals surface area contributed by atoms with Gasteiger partial charge < -0.3 is 0 Å². The maximum absolute atomic E-state index is 4.85. The van der Waals surface area contributed by atoms with Crippen LogP contribution in [0.1, 0.15) is 43.6 Å². The molecular weight excluding hydrogens is 382 g/mol. The Morgan fingerprint density at radius 3 is 2.35 bits per heavy atom. The fourth-order valence-electron chi connectivity index (χ4n) is 4.46. The predicted molar refractivity (Wildman–Crippen MR) is 127 cm³/mol. The molecule has 31 heavy (non-hydrogen) atoms. The van der Waals surface area contributed by atoms with Crippen LogP contribution in [0.4, 0.5) is 0 Å². The normalized spacial score (nSPS) is 15.0. The van der Waals surface area contributed by atoms with Crippen molar-refractivity contribution in [2.75, 3.05) is 13.1 Å². The topological polar surface area (TPSA) is 46.8 Å². The smallest absolute Gasteiger partial charge is 0.0958 e. The SMILES string of the molecule is CC.CC(c1ccc2nccnc2c1)N1CCc2c(-c3ccccc3)nn(C)c2CC1. The molecule has 3 heterocycles. The Bertz CT molecular complexity index is 1150. The molecule has 5 nitrogen and oxygen atoms in total. The van der Waals surface area contributed by atoms with E-state index >= 15 is 0 Å². The van der Waals surface area contributed by atoms with Gasteiger partial charge in [-0.2, -0.15) is 5.10 Å². The molecule has 2 aromatic carbocycles. The summed E-state index contributed by atoms with van der Waals surface area (Å²) in [6.07, 6.45) is 5.54. The van der Waals surface area contributed by atoms with Crippen molar-refractivity contribution >= 4 is 11.0 Å². The van der Waals surface area contributed by atoms with Gasteiger partial charge in [0, 0.05) is 61.8 Å². The molecule has 2 aromatic heterocycles. The molecular formula is C26H31N5. The highest BCUT2D eigenvalue weighted by Gasteiger charge is 2.25. The summed E-state index contributed by atoms with van der Waals surface area (Å²) < 4.78 is 2.08. The largest absolute Gasteiger partial charge is 0.296 e. The van der Waals surface area contributed by atoms with Gasteiger partial charge in [-0.25, -0.2) is 0 Å². The second-order valence-electron chi connectivity index (χ2n) is 7.78. The summed E-state index contributed by atoms with van der Waals surface area (Å²) in [5.74, 6) is 0.